The zero-order valence-corrected chi connectivity index (χ0v) is 12.9. The van der Waals surface area contributed by atoms with Crippen molar-refractivity contribution in [1.82, 2.24) is 0 Å². The van der Waals surface area contributed by atoms with E-state index in [0.29, 0.717) is 6.04 Å². The number of aryl methyl sites for hydroxylation is 1. The van der Waals surface area contributed by atoms with Gasteiger partial charge in [-0.3, -0.25) is 0 Å². The molecular weight excluding hydrogens is 262 g/mol. The van der Waals surface area contributed by atoms with Crippen molar-refractivity contribution in [2.75, 3.05) is 11.6 Å². The lowest BCUT2D eigenvalue weighted by Crippen LogP contribution is -2.34. The SMILES string of the molecule is CSc1cccc(NC2CC(c3cccc(C)c3)C2)c1. The molecule has 1 nitrogen and oxygen atoms in total. The van der Waals surface area contributed by atoms with Crippen LogP contribution in [0.15, 0.2) is 53.4 Å². The summed E-state index contributed by atoms with van der Waals surface area (Å²) < 4.78 is 0. The largest absolute Gasteiger partial charge is 0.382 e. The molecule has 1 saturated carbocycles. The lowest BCUT2D eigenvalue weighted by molar-refractivity contribution is 0.374. The van der Waals surface area contributed by atoms with Crippen molar-refractivity contribution < 1.29 is 0 Å². The zero-order valence-electron chi connectivity index (χ0n) is 12.1. The standard InChI is InChI=1S/C18H21NS/c1-13-5-3-6-14(9-13)15-10-17(11-15)19-16-7-4-8-18(12-16)20-2/h3-9,12,15,17,19H,10-11H2,1-2H3. The summed E-state index contributed by atoms with van der Waals surface area (Å²) in [6, 6.07) is 18.3. The summed E-state index contributed by atoms with van der Waals surface area (Å²) in [7, 11) is 0. The van der Waals surface area contributed by atoms with Crippen LogP contribution in [0.1, 0.15) is 29.9 Å². The van der Waals surface area contributed by atoms with E-state index < -0.39 is 0 Å². The summed E-state index contributed by atoms with van der Waals surface area (Å²) >= 11 is 1.79. The van der Waals surface area contributed by atoms with E-state index in [2.05, 4.69) is 67.0 Å². The summed E-state index contributed by atoms with van der Waals surface area (Å²) in [5, 5.41) is 3.65. The van der Waals surface area contributed by atoms with Crippen molar-refractivity contribution >= 4 is 17.4 Å². The number of benzene rings is 2. The third-order valence-electron chi connectivity index (χ3n) is 4.09. The topological polar surface area (TPSA) is 12.0 Å². The van der Waals surface area contributed by atoms with E-state index in [9.17, 15) is 0 Å². The Bertz CT molecular complexity index is 587. The Morgan fingerprint density at radius 1 is 1.05 bits per heavy atom. The van der Waals surface area contributed by atoms with Crippen LogP contribution in [0.2, 0.25) is 0 Å². The number of hydrogen-bond acceptors (Lipinski definition) is 2. The van der Waals surface area contributed by atoms with Crippen molar-refractivity contribution in [3.05, 3.63) is 59.7 Å². The highest BCUT2D eigenvalue weighted by atomic mass is 32.2. The minimum Gasteiger partial charge on any atom is -0.382 e. The summed E-state index contributed by atoms with van der Waals surface area (Å²) in [6.45, 7) is 2.17. The summed E-state index contributed by atoms with van der Waals surface area (Å²) in [5.74, 6) is 0.733. The molecule has 0 aliphatic heterocycles. The Kier molecular flexibility index (Phi) is 4.02. The molecule has 0 atom stereocenters. The first-order valence-corrected chi connectivity index (χ1v) is 8.44. The van der Waals surface area contributed by atoms with Crippen LogP contribution in [-0.2, 0) is 0 Å². The van der Waals surface area contributed by atoms with Crippen LogP contribution >= 0.6 is 11.8 Å². The normalized spacial score (nSPS) is 21.3. The van der Waals surface area contributed by atoms with E-state index >= 15 is 0 Å². The number of rotatable bonds is 4. The number of nitrogens with one attached hydrogen (secondary N) is 1. The maximum absolute atomic E-state index is 3.65. The van der Waals surface area contributed by atoms with Crippen molar-refractivity contribution in [1.29, 1.82) is 0 Å². The Morgan fingerprint density at radius 2 is 1.85 bits per heavy atom. The minimum atomic E-state index is 0.623. The highest BCUT2D eigenvalue weighted by molar-refractivity contribution is 7.98. The molecule has 0 radical (unpaired) electrons. The lowest BCUT2D eigenvalue weighted by Gasteiger charge is -2.37. The van der Waals surface area contributed by atoms with Crippen LogP contribution in [0.5, 0.6) is 0 Å². The lowest BCUT2D eigenvalue weighted by atomic mass is 9.75. The molecule has 1 aliphatic rings. The van der Waals surface area contributed by atoms with Crippen LogP contribution in [0, 0.1) is 6.92 Å². The quantitative estimate of drug-likeness (QED) is 0.786. The molecule has 0 saturated heterocycles. The van der Waals surface area contributed by atoms with Gasteiger partial charge in [0.25, 0.3) is 0 Å². The maximum Gasteiger partial charge on any atom is 0.0353 e. The van der Waals surface area contributed by atoms with Crippen molar-refractivity contribution in [3.63, 3.8) is 0 Å². The number of anilines is 1. The molecule has 1 N–H and O–H groups in total. The Balaban J connectivity index is 1.58. The fourth-order valence-electron chi connectivity index (χ4n) is 2.88. The van der Waals surface area contributed by atoms with Gasteiger partial charge in [0.2, 0.25) is 0 Å². The Hall–Kier alpha value is -1.41. The molecule has 0 bridgehead atoms. The molecule has 0 heterocycles. The van der Waals surface area contributed by atoms with Gasteiger partial charge >= 0.3 is 0 Å². The fraction of sp³-hybridized carbons (Fsp3) is 0.333. The number of hydrogen-bond donors (Lipinski definition) is 1. The van der Waals surface area contributed by atoms with Gasteiger partial charge in [0, 0.05) is 16.6 Å². The maximum atomic E-state index is 3.65. The van der Waals surface area contributed by atoms with Gasteiger partial charge in [-0.2, -0.15) is 0 Å². The predicted octanol–water partition coefficient (Wildman–Crippen LogP) is 5.08. The van der Waals surface area contributed by atoms with Crippen molar-refractivity contribution in [3.8, 4) is 0 Å². The van der Waals surface area contributed by atoms with E-state index in [4.69, 9.17) is 0 Å². The highest BCUT2D eigenvalue weighted by Gasteiger charge is 2.30. The van der Waals surface area contributed by atoms with Crippen molar-refractivity contribution in [2.24, 2.45) is 0 Å². The minimum absolute atomic E-state index is 0.623. The smallest absolute Gasteiger partial charge is 0.0353 e. The van der Waals surface area contributed by atoms with E-state index in [1.807, 2.05) is 0 Å². The molecule has 0 amide bonds. The molecule has 0 aromatic heterocycles. The second-order valence-electron chi connectivity index (χ2n) is 5.66. The van der Waals surface area contributed by atoms with Gasteiger partial charge in [-0.25, -0.2) is 0 Å². The highest BCUT2D eigenvalue weighted by Crippen LogP contribution is 2.38. The second-order valence-corrected chi connectivity index (χ2v) is 6.54. The average molecular weight is 283 g/mol. The molecule has 0 spiro atoms. The third kappa shape index (κ3) is 3.01. The van der Waals surface area contributed by atoms with Crippen LogP contribution in [0.3, 0.4) is 0 Å². The van der Waals surface area contributed by atoms with E-state index in [1.54, 1.807) is 11.8 Å². The molecule has 3 rings (SSSR count). The van der Waals surface area contributed by atoms with Gasteiger partial charge in [0.15, 0.2) is 0 Å². The van der Waals surface area contributed by atoms with Crippen LogP contribution in [0.4, 0.5) is 5.69 Å². The van der Waals surface area contributed by atoms with Crippen LogP contribution < -0.4 is 5.32 Å². The molecule has 20 heavy (non-hydrogen) atoms. The van der Waals surface area contributed by atoms with Crippen molar-refractivity contribution in [2.45, 2.75) is 36.6 Å². The van der Waals surface area contributed by atoms with E-state index in [1.165, 1.54) is 34.6 Å². The average Bonchev–Trinajstić information content (AvgIpc) is 2.42. The fourth-order valence-corrected chi connectivity index (χ4v) is 3.34. The van der Waals surface area contributed by atoms with Crippen LogP contribution in [-0.4, -0.2) is 12.3 Å². The molecule has 104 valence electrons. The van der Waals surface area contributed by atoms with Gasteiger partial charge in [-0.05, 0) is 55.7 Å². The Morgan fingerprint density at radius 3 is 2.60 bits per heavy atom. The zero-order chi connectivity index (χ0) is 13.9. The summed E-state index contributed by atoms with van der Waals surface area (Å²) in [6.07, 6.45) is 4.61. The van der Waals surface area contributed by atoms with Gasteiger partial charge in [-0.1, -0.05) is 35.9 Å². The first kappa shape index (κ1) is 13.6. The number of thioether (sulfide) groups is 1. The molecule has 0 unspecified atom stereocenters. The van der Waals surface area contributed by atoms with Gasteiger partial charge in [-0.15, -0.1) is 11.8 Å². The van der Waals surface area contributed by atoms with Gasteiger partial charge in [0.1, 0.15) is 0 Å². The van der Waals surface area contributed by atoms with Crippen LogP contribution in [0.25, 0.3) is 0 Å². The molecule has 1 fully saturated rings. The first-order valence-electron chi connectivity index (χ1n) is 7.22. The molecule has 2 aromatic rings. The first-order chi connectivity index (χ1) is 9.74. The third-order valence-corrected chi connectivity index (χ3v) is 4.82. The molecule has 1 aliphatic carbocycles. The monoisotopic (exact) mass is 283 g/mol. The Labute approximate surface area is 125 Å². The summed E-state index contributed by atoms with van der Waals surface area (Å²) in [4.78, 5) is 1.32. The molecular formula is C18H21NS. The van der Waals surface area contributed by atoms with Gasteiger partial charge < -0.3 is 5.32 Å². The second kappa shape index (κ2) is 5.92. The van der Waals surface area contributed by atoms with E-state index in [-0.39, 0.29) is 0 Å². The summed E-state index contributed by atoms with van der Waals surface area (Å²) in [5.41, 5.74) is 4.12. The molecule has 2 aromatic carbocycles. The van der Waals surface area contributed by atoms with E-state index in [0.717, 1.165) is 5.92 Å². The molecule has 2 heteroatoms. The predicted molar refractivity (Wildman–Crippen MR) is 88.8 cm³/mol. The van der Waals surface area contributed by atoms with Gasteiger partial charge in [0.05, 0.1) is 0 Å².